The summed E-state index contributed by atoms with van der Waals surface area (Å²) in [5, 5.41) is 0. The van der Waals surface area contributed by atoms with Gasteiger partial charge in [0, 0.05) is 7.26 Å². The van der Waals surface area contributed by atoms with Crippen LogP contribution in [-0.2, 0) is 0 Å². The number of unbranched alkanes of at least 4 members (excludes halogenated alkanes) is 17. The highest BCUT2D eigenvalue weighted by Crippen LogP contribution is 2.61. The second-order valence-electron chi connectivity index (χ2n) is 10.2. The lowest BCUT2D eigenvalue weighted by atomic mass is 10.1. The van der Waals surface area contributed by atoms with E-state index in [9.17, 15) is 0 Å². The molecule has 30 heavy (non-hydrogen) atoms. The lowest BCUT2D eigenvalue weighted by Crippen LogP contribution is -2.13. The molecule has 0 aromatic heterocycles. The molecule has 0 aliphatic rings. The van der Waals surface area contributed by atoms with E-state index in [-0.39, 0.29) is 0 Å². The van der Waals surface area contributed by atoms with Gasteiger partial charge < -0.3 is 0 Å². The normalized spacial score (nSPS) is 12.0. The van der Waals surface area contributed by atoms with Gasteiger partial charge in [0.05, 0.1) is 24.6 Å². The Kier molecular flexibility index (Phi) is 24.4. The van der Waals surface area contributed by atoms with E-state index in [2.05, 4.69) is 27.7 Å². The molecule has 0 atom stereocenters. The summed E-state index contributed by atoms with van der Waals surface area (Å²) in [6.07, 6.45) is 37.6. The number of hydrogen-bond donors (Lipinski definition) is 0. The Labute approximate surface area is 194 Å². The van der Waals surface area contributed by atoms with Crippen molar-refractivity contribution in [1.82, 2.24) is 0 Å². The van der Waals surface area contributed by atoms with Crippen molar-refractivity contribution in [3.63, 3.8) is 0 Å². The van der Waals surface area contributed by atoms with Crippen molar-refractivity contribution in [1.29, 1.82) is 0 Å². The molecule has 1 heteroatoms. The van der Waals surface area contributed by atoms with Crippen molar-refractivity contribution in [2.24, 2.45) is 0 Å². The number of rotatable bonds is 25. The van der Waals surface area contributed by atoms with E-state index in [0.717, 1.165) is 0 Å². The van der Waals surface area contributed by atoms with E-state index in [1.165, 1.54) is 109 Å². The minimum absolute atomic E-state index is 0.698. The minimum Gasteiger partial charge on any atom is -0.0654 e. The van der Waals surface area contributed by atoms with E-state index in [4.69, 9.17) is 0 Å². The molecule has 0 radical (unpaired) electrons. The van der Waals surface area contributed by atoms with Crippen molar-refractivity contribution >= 4 is 7.26 Å². The Bertz CT molecular complexity index is 275. The Balaban J connectivity index is 4.69. The van der Waals surface area contributed by atoms with Gasteiger partial charge in [-0.05, 0) is 51.4 Å². The lowest BCUT2D eigenvalue weighted by molar-refractivity contribution is 0.621. The van der Waals surface area contributed by atoms with Gasteiger partial charge in [-0.25, -0.2) is 0 Å². The van der Waals surface area contributed by atoms with Crippen LogP contribution in [0, 0.1) is 0 Å². The maximum atomic E-state index is 2.35. The molecule has 182 valence electrons. The lowest BCUT2D eigenvalue weighted by Gasteiger charge is -2.28. The third kappa shape index (κ3) is 19.1. The molecule has 0 aliphatic heterocycles. The largest absolute Gasteiger partial charge is 0.0654 e. The molecule has 0 aromatic carbocycles. The molecule has 0 amide bonds. The highest BCUT2D eigenvalue weighted by atomic mass is 31.2. The average molecular weight is 442 g/mol. The van der Waals surface area contributed by atoms with Gasteiger partial charge in [-0.15, -0.1) is 0 Å². The first-order valence-corrected chi connectivity index (χ1v) is 17.1. The summed E-state index contributed by atoms with van der Waals surface area (Å²) in [5.74, 6) is 0. The summed E-state index contributed by atoms with van der Waals surface area (Å²) in [7, 11) is -0.698. The minimum atomic E-state index is -0.698. The summed E-state index contributed by atoms with van der Waals surface area (Å²) in [6.45, 7) is 9.39. The monoisotopic (exact) mass is 441 g/mol. The van der Waals surface area contributed by atoms with Crippen LogP contribution in [0.4, 0.5) is 0 Å². The molecular formula is C29H62P+. The highest BCUT2D eigenvalue weighted by Gasteiger charge is 2.34. The molecule has 0 N–H and O–H groups in total. The van der Waals surface area contributed by atoms with Crippen LogP contribution in [0.1, 0.15) is 163 Å². The first-order chi connectivity index (χ1) is 14.7. The molecule has 0 aromatic rings. The van der Waals surface area contributed by atoms with Gasteiger partial charge in [0.2, 0.25) is 0 Å². The van der Waals surface area contributed by atoms with Gasteiger partial charge in [-0.1, -0.05) is 111 Å². The van der Waals surface area contributed by atoms with E-state index >= 15 is 0 Å². The van der Waals surface area contributed by atoms with E-state index in [0.29, 0.717) is 0 Å². The molecule has 0 heterocycles. The third-order valence-electron chi connectivity index (χ3n) is 7.19. The predicted molar refractivity (Wildman–Crippen MR) is 146 cm³/mol. The summed E-state index contributed by atoms with van der Waals surface area (Å²) in [5.41, 5.74) is 0. The molecule has 0 nitrogen and oxygen atoms in total. The van der Waals surface area contributed by atoms with Crippen LogP contribution >= 0.6 is 7.26 Å². The second kappa shape index (κ2) is 24.1. The van der Waals surface area contributed by atoms with Crippen molar-refractivity contribution in [3.8, 4) is 0 Å². The topological polar surface area (TPSA) is 0 Å². The van der Waals surface area contributed by atoms with Crippen molar-refractivity contribution in [2.45, 2.75) is 163 Å². The number of hydrogen-bond acceptors (Lipinski definition) is 0. The molecule has 0 fully saturated rings. The van der Waals surface area contributed by atoms with Crippen LogP contribution in [-0.4, -0.2) is 24.6 Å². The molecule has 0 aliphatic carbocycles. The van der Waals surface area contributed by atoms with Gasteiger partial charge >= 0.3 is 0 Å². The first-order valence-electron chi connectivity index (χ1n) is 14.6. The zero-order valence-electron chi connectivity index (χ0n) is 22.1. The maximum Gasteiger partial charge on any atom is 0.0594 e. The smallest absolute Gasteiger partial charge is 0.0594 e. The van der Waals surface area contributed by atoms with Gasteiger partial charge in [0.15, 0.2) is 0 Å². The van der Waals surface area contributed by atoms with E-state index in [1.54, 1.807) is 50.3 Å². The van der Waals surface area contributed by atoms with Crippen LogP contribution < -0.4 is 0 Å². The standard InChI is InChI=1S/C29H62P/c1-5-9-13-17-21-25-29-30(26-22-18-14-10-6-2,27-23-19-15-11-7-3)28-24-20-16-12-8-4/h5-29H2,1-4H3/q+1. The summed E-state index contributed by atoms with van der Waals surface area (Å²) < 4.78 is 0. The van der Waals surface area contributed by atoms with Crippen molar-refractivity contribution in [2.75, 3.05) is 24.6 Å². The van der Waals surface area contributed by atoms with Crippen molar-refractivity contribution in [3.05, 3.63) is 0 Å². The zero-order valence-corrected chi connectivity index (χ0v) is 23.0. The Hall–Kier alpha value is 0.430. The molecule has 0 bridgehead atoms. The third-order valence-corrected chi connectivity index (χ3v) is 12.3. The van der Waals surface area contributed by atoms with Gasteiger partial charge in [-0.3, -0.25) is 0 Å². The second-order valence-corrected chi connectivity index (χ2v) is 14.7. The fourth-order valence-corrected chi connectivity index (χ4v) is 9.97. The summed E-state index contributed by atoms with van der Waals surface area (Å²) >= 11 is 0. The fraction of sp³-hybridized carbons (Fsp3) is 1.00. The summed E-state index contributed by atoms with van der Waals surface area (Å²) in [4.78, 5) is 0. The Morgan fingerprint density at radius 1 is 0.267 bits per heavy atom. The molecule has 0 unspecified atom stereocenters. The van der Waals surface area contributed by atoms with E-state index < -0.39 is 7.26 Å². The van der Waals surface area contributed by atoms with E-state index in [1.807, 2.05) is 0 Å². The SMILES string of the molecule is CCCCCCCC[P+](CCCCCCC)(CCCCCCC)CCCCCCC. The van der Waals surface area contributed by atoms with Crippen molar-refractivity contribution < 1.29 is 0 Å². The predicted octanol–water partition coefficient (Wildman–Crippen LogP) is 11.3. The average Bonchev–Trinajstić information content (AvgIpc) is 2.75. The molecule has 0 spiro atoms. The quantitative estimate of drug-likeness (QED) is 0.0975. The zero-order chi connectivity index (χ0) is 22.2. The first kappa shape index (κ1) is 30.4. The van der Waals surface area contributed by atoms with Gasteiger partial charge in [-0.2, -0.15) is 0 Å². The van der Waals surface area contributed by atoms with Gasteiger partial charge in [0.25, 0.3) is 0 Å². The maximum absolute atomic E-state index is 2.35. The summed E-state index contributed by atoms with van der Waals surface area (Å²) in [6, 6.07) is 0. The molecule has 0 saturated carbocycles. The van der Waals surface area contributed by atoms with Crippen LogP contribution in [0.5, 0.6) is 0 Å². The fourth-order valence-electron chi connectivity index (χ4n) is 5.05. The van der Waals surface area contributed by atoms with Crippen LogP contribution in [0.2, 0.25) is 0 Å². The highest BCUT2D eigenvalue weighted by molar-refractivity contribution is 7.75. The Morgan fingerprint density at radius 2 is 0.467 bits per heavy atom. The molecule has 0 saturated heterocycles. The molecule has 0 rings (SSSR count). The van der Waals surface area contributed by atoms with Crippen LogP contribution in [0.25, 0.3) is 0 Å². The van der Waals surface area contributed by atoms with Crippen LogP contribution in [0.3, 0.4) is 0 Å². The Morgan fingerprint density at radius 3 is 0.700 bits per heavy atom. The molecular weight excluding hydrogens is 379 g/mol. The van der Waals surface area contributed by atoms with Crippen LogP contribution in [0.15, 0.2) is 0 Å². The van der Waals surface area contributed by atoms with Gasteiger partial charge in [0.1, 0.15) is 0 Å².